The van der Waals surface area contributed by atoms with Crippen LogP contribution >= 0.6 is 41.9 Å². The summed E-state index contributed by atoms with van der Waals surface area (Å²) in [6.45, 7) is 10.7. The van der Waals surface area contributed by atoms with Gasteiger partial charge in [-0.3, -0.25) is 4.79 Å². The topological polar surface area (TPSA) is 101 Å². The van der Waals surface area contributed by atoms with E-state index in [-0.39, 0.29) is 5.41 Å². The molecule has 0 aliphatic heterocycles. The van der Waals surface area contributed by atoms with Crippen LogP contribution in [0, 0.1) is 0 Å². The first-order valence-electron chi connectivity index (χ1n) is 11.5. The highest BCUT2D eigenvalue weighted by Gasteiger charge is 2.44. The molecule has 8 nitrogen and oxygen atoms in total. The summed E-state index contributed by atoms with van der Waals surface area (Å²) in [5.74, 6) is 1.54. The lowest BCUT2D eigenvalue weighted by Gasteiger charge is -2.28. The molecule has 0 heterocycles. The van der Waals surface area contributed by atoms with Gasteiger partial charge in [0.25, 0.3) is 0 Å². The van der Waals surface area contributed by atoms with Crippen LogP contribution in [0.15, 0.2) is 0 Å². The van der Waals surface area contributed by atoms with E-state index in [1.807, 2.05) is 20.1 Å². The Bertz CT molecular complexity index is 442. The monoisotopic (exact) mass is 625 g/mol. The van der Waals surface area contributed by atoms with Crippen LogP contribution in [-0.4, -0.2) is 109 Å². The highest BCUT2D eigenvalue weighted by atomic mass is 127. The molecule has 0 saturated heterocycles. The summed E-state index contributed by atoms with van der Waals surface area (Å²) in [5.41, 5.74) is 0. The van der Waals surface area contributed by atoms with Gasteiger partial charge in [0.15, 0.2) is 5.41 Å². The van der Waals surface area contributed by atoms with Crippen LogP contribution in [0.3, 0.4) is 0 Å². The van der Waals surface area contributed by atoms with Gasteiger partial charge in [0, 0.05) is 58.3 Å². The normalized spacial score (nSPS) is 12.9. The number of thioether (sulfide) groups is 1. The number of hydrogen-bond donors (Lipinski definition) is 4. The van der Waals surface area contributed by atoms with E-state index in [0.717, 1.165) is 51.3 Å². The molecule has 0 aliphatic rings. The lowest BCUT2D eigenvalue weighted by molar-refractivity contribution is -0.113. The summed E-state index contributed by atoms with van der Waals surface area (Å²) in [7, 11) is -1.01. The summed E-state index contributed by atoms with van der Waals surface area (Å²) in [5, 5.41) is 20.0. The third-order valence-corrected chi connectivity index (χ3v) is 10.6. The molecule has 0 aromatic rings. The first-order valence-corrected chi connectivity index (χ1v) is 18.4. The van der Waals surface area contributed by atoms with Crippen molar-refractivity contribution in [3.8, 4) is 0 Å². The number of halogens is 1. The quantitative estimate of drug-likeness (QED) is 0.0685. The average molecular weight is 626 g/mol. The summed E-state index contributed by atoms with van der Waals surface area (Å²) < 4.78 is 17.3. The highest BCUT2D eigenvalue weighted by Crippen LogP contribution is 2.19. The van der Waals surface area contributed by atoms with Crippen LogP contribution < -0.4 is 16.0 Å². The molecular formula is C20H44IN3O5S2Si. The molecular weight excluding hydrogens is 581 g/mol. The number of hydrogen-bond acceptors (Lipinski definition) is 10. The molecule has 32 heavy (non-hydrogen) atoms. The van der Waals surface area contributed by atoms with Gasteiger partial charge in [-0.1, -0.05) is 8.93 Å². The molecule has 0 bridgehead atoms. The lowest BCUT2D eigenvalue weighted by Crippen LogP contribution is -2.52. The second-order valence-electron chi connectivity index (χ2n) is 7.18. The Morgan fingerprint density at radius 2 is 1.66 bits per heavy atom. The summed E-state index contributed by atoms with van der Waals surface area (Å²) >= 11 is 3.81. The molecule has 0 saturated carbocycles. The Hall–Kier alpha value is 1.04. The van der Waals surface area contributed by atoms with E-state index in [4.69, 9.17) is 13.6 Å². The predicted molar refractivity (Wildman–Crippen MR) is 148 cm³/mol. The second kappa shape index (κ2) is 23.8. The van der Waals surface area contributed by atoms with Crippen LogP contribution in [0.5, 0.6) is 0 Å². The molecule has 4 N–H and O–H groups in total. The number of aliphatic hydroxyl groups excluding tert-OH is 1. The van der Waals surface area contributed by atoms with Crippen molar-refractivity contribution in [2.45, 2.75) is 38.8 Å². The van der Waals surface area contributed by atoms with E-state index in [1.165, 1.54) is 11.8 Å². The fourth-order valence-corrected chi connectivity index (χ4v) is 8.29. The van der Waals surface area contributed by atoms with Crippen molar-refractivity contribution in [1.82, 2.24) is 16.0 Å². The van der Waals surface area contributed by atoms with Gasteiger partial charge in [-0.25, -0.2) is 0 Å². The summed E-state index contributed by atoms with van der Waals surface area (Å²) in [6, 6.07) is 0.696. The van der Waals surface area contributed by atoms with Gasteiger partial charge >= 0.3 is 8.56 Å². The largest absolute Gasteiger partial charge is 0.411 e. The smallest absolute Gasteiger partial charge is 0.390 e. The van der Waals surface area contributed by atoms with Crippen molar-refractivity contribution in [2.24, 2.45) is 0 Å². The van der Waals surface area contributed by atoms with Crippen molar-refractivity contribution in [1.29, 1.82) is 0 Å². The van der Waals surface area contributed by atoms with Crippen molar-refractivity contribution in [2.75, 3.05) is 83.5 Å². The molecule has 1 unspecified atom stereocenters. The Kier molecular flexibility index (Phi) is 24.5. The van der Waals surface area contributed by atoms with Gasteiger partial charge < -0.3 is 34.6 Å². The fourth-order valence-electron chi connectivity index (χ4n) is 3.01. The van der Waals surface area contributed by atoms with Crippen LogP contribution in [0.4, 0.5) is 0 Å². The minimum atomic E-state index is -2.79. The molecule has 0 rings (SSSR count). The molecule has 0 radical (unpaired) electrons. The van der Waals surface area contributed by atoms with Crippen LogP contribution in [-0.2, 0) is 18.4 Å². The minimum absolute atomic E-state index is 0.148. The Labute approximate surface area is 216 Å². The molecule has 0 amide bonds. The van der Waals surface area contributed by atoms with Crippen molar-refractivity contribution >= 4 is 55.9 Å². The van der Waals surface area contributed by atoms with E-state index in [2.05, 4.69) is 37.2 Å². The zero-order valence-corrected chi connectivity index (χ0v) is 24.7. The number of carbonyl (C=O) groups excluding carboxylic acids is 1. The maximum atomic E-state index is 12.6. The number of ether oxygens (including phenoxy) is 1. The number of carbonyl (C=O) groups is 1. The lowest BCUT2D eigenvalue weighted by atomic mass is 10.3. The molecule has 0 aliphatic carbocycles. The van der Waals surface area contributed by atoms with Crippen LogP contribution in [0.25, 0.3) is 0 Å². The Morgan fingerprint density at radius 1 is 1.03 bits per heavy atom. The van der Waals surface area contributed by atoms with E-state index in [1.54, 1.807) is 8.93 Å². The van der Waals surface area contributed by atoms with Crippen molar-refractivity contribution in [3.63, 3.8) is 0 Å². The summed E-state index contributed by atoms with van der Waals surface area (Å²) in [6.07, 6.45) is 3.36. The average Bonchev–Trinajstić information content (AvgIpc) is 2.77. The Morgan fingerprint density at radius 3 is 2.25 bits per heavy atom. The Balaban J connectivity index is 3.74. The molecule has 12 heteroatoms. The van der Waals surface area contributed by atoms with E-state index < -0.39 is 14.7 Å². The molecule has 0 aromatic heterocycles. The number of nitrogens with one attached hydrogen (secondary N) is 3. The van der Waals surface area contributed by atoms with Crippen LogP contribution in [0.1, 0.15) is 26.7 Å². The van der Waals surface area contributed by atoms with Crippen LogP contribution in [0.2, 0.25) is 6.04 Å². The third kappa shape index (κ3) is 17.5. The van der Waals surface area contributed by atoms with Gasteiger partial charge in [-0.05, 0) is 66.7 Å². The van der Waals surface area contributed by atoms with Crippen molar-refractivity contribution < 1.29 is 23.5 Å². The molecule has 1 atom stereocenters. The number of aliphatic hydroxyl groups is 1. The molecule has 0 aromatic carbocycles. The predicted octanol–water partition coefficient (Wildman–Crippen LogP) is 1.98. The van der Waals surface area contributed by atoms with Gasteiger partial charge in [0.1, 0.15) is 0 Å². The SMILES string of the molecule is CCO[Si](CCCNCCNCCNCC(O)COCCCSI)(OCC)C(=O)CSC. The first kappa shape index (κ1) is 33.0. The fraction of sp³-hybridized carbons (Fsp3) is 0.950. The van der Waals surface area contributed by atoms with E-state index in [0.29, 0.717) is 44.8 Å². The summed E-state index contributed by atoms with van der Waals surface area (Å²) in [4.78, 5) is 12.6. The standard InChI is InChI=1S/C20H44IN3O5S2Si/c1-4-28-32(29-5-2,20(26)18-30-3)15-6-8-22-9-10-23-11-12-24-16-19(25)17-27-13-7-14-31-21/h19,22-25H,4-18H2,1-3H3. The van der Waals surface area contributed by atoms with Gasteiger partial charge in [-0.2, -0.15) is 11.8 Å². The zero-order chi connectivity index (χ0) is 23.9. The maximum absolute atomic E-state index is 12.6. The minimum Gasteiger partial charge on any atom is -0.390 e. The molecule has 192 valence electrons. The highest BCUT2D eigenvalue weighted by molar-refractivity contribution is 14.2. The van der Waals surface area contributed by atoms with E-state index in [9.17, 15) is 9.90 Å². The van der Waals surface area contributed by atoms with Gasteiger partial charge in [0.05, 0.1) is 18.5 Å². The van der Waals surface area contributed by atoms with E-state index >= 15 is 0 Å². The third-order valence-electron chi connectivity index (χ3n) is 4.47. The van der Waals surface area contributed by atoms with Gasteiger partial charge in [-0.15, -0.1) is 0 Å². The molecule has 0 fully saturated rings. The second-order valence-corrected chi connectivity index (χ2v) is 13.7. The molecule has 0 spiro atoms. The van der Waals surface area contributed by atoms with Crippen molar-refractivity contribution in [3.05, 3.63) is 0 Å². The number of rotatable bonds is 25. The maximum Gasteiger partial charge on any atom is 0.411 e. The first-order chi connectivity index (χ1) is 15.6. The van der Waals surface area contributed by atoms with Gasteiger partial charge in [0.2, 0.25) is 0 Å². The zero-order valence-electron chi connectivity index (χ0n) is 20.0.